The summed E-state index contributed by atoms with van der Waals surface area (Å²) in [6, 6.07) is 16.9. The first-order valence-corrected chi connectivity index (χ1v) is 9.57. The van der Waals surface area contributed by atoms with Gasteiger partial charge in [0.25, 0.3) is 5.56 Å². The van der Waals surface area contributed by atoms with Crippen molar-refractivity contribution in [3.8, 4) is 17.1 Å². The highest BCUT2D eigenvalue weighted by Crippen LogP contribution is 2.33. The molecule has 1 atom stereocenters. The molecule has 0 saturated heterocycles. The Kier molecular flexibility index (Phi) is 5.22. The number of halogens is 3. The lowest BCUT2D eigenvalue weighted by Gasteiger charge is -2.19. The summed E-state index contributed by atoms with van der Waals surface area (Å²) >= 11 is 0. The molecule has 0 aliphatic carbocycles. The first-order valence-electron chi connectivity index (χ1n) is 9.57. The van der Waals surface area contributed by atoms with Gasteiger partial charge in [-0.2, -0.15) is 13.2 Å². The number of rotatable bonds is 4. The molecule has 31 heavy (non-hydrogen) atoms. The van der Waals surface area contributed by atoms with E-state index < -0.39 is 22.8 Å². The van der Waals surface area contributed by atoms with E-state index in [0.717, 1.165) is 11.8 Å². The Morgan fingerprint density at radius 3 is 2.39 bits per heavy atom. The molecular formula is C23H18F3N3O2. The summed E-state index contributed by atoms with van der Waals surface area (Å²) in [7, 11) is 0. The number of hydrogen-bond acceptors (Lipinski definition) is 4. The molecule has 2 aromatic carbocycles. The van der Waals surface area contributed by atoms with Crippen LogP contribution in [-0.4, -0.2) is 19.6 Å². The molecule has 5 nitrogen and oxygen atoms in total. The number of hydrogen-bond donors (Lipinski definition) is 1. The van der Waals surface area contributed by atoms with Gasteiger partial charge in [-0.25, -0.2) is 4.98 Å². The van der Waals surface area contributed by atoms with Gasteiger partial charge in [-0.1, -0.05) is 49.4 Å². The van der Waals surface area contributed by atoms with Gasteiger partial charge >= 0.3 is 6.18 Å². The number of benzene rings is 2. The molecule has 4 rings (SSSR count). The number of alkyl halides is 3. The van der Waals surface area contributed by atoms with E-state index in [0.29, 0.717) is 0 Å². The molecule has 1 unspecified atom stereocenters. The number of para-hydroxylation sites is 1. The lowest BCUT2D eigenvalue weighted by Crippen LogP contribution is -2.28. The van der Waals surface area contributed by atoms with Crippen LogP contribution in [0.5, 0.6) is 5.75 Å². The Hall–Kier alpha value is -3.68. The van der Waals surface area contributed by atoms with Crippen LogP contribution < -0.4 is 5.56 Å². The zero-order valence-electron chi connectivity index (χ0n) is 16.5. The summed E-state index contributed by atoms with van der Waals surface area (Å²) < 4.78 is 41.9. The van der Waals surface area contributed by atoms with E-state index in [-0.39, 0.29) is 35.1 Å². The number of pyridine rings is 1. The summed E-state index contributed by atoms with van der Waals surface area (Å²) in [5.74, 6) is -0.230. The normalized spacial score (nSPS) is 12.8. The second-order valence-corrected chi connectivity index (χ2v) is 7.23. The average molecular weight is 425 g/mol. The van der Waals surface area contributed by atoms with Crippen LogP contribution in [0.1, 0.15) is 24.1 Å². The Bertz CT molecular complexity index is 1300. The smallest absolute Gasteiger partial charge is 0.434 e. The summed E-state index contributed by atoms with van der Waals surface area (Å²) in [5, 5.41) is 9.75. The van der Waals surface area contributed by atoms with Crippen molar-refractivity contribution in [2.45, 2.75) is 25.6 Å². The highest BCUT2D eigenvalue weighted by atomic mass is 19.4. The van der Waals surface area contributed by atoms with Gasteiger partial charge in [0.2, 0.25) is 0 Å². The number of nitrogens with zero attached hydrogens (tertiary/aromatic N) is 3. The molecule has 0 aliphatic rings. The number of phenols is 1. The van der Waals surface area contributed by atoms with Gasteiger partial charge in [0, 0.05) is 12.7 Å². The van der Waals surface area contributed by atoms with Gasteiger partial charge in [0.15, 0.2) is 5.69 Å². The van der Waals surface area contributed by atoms with E-state index in [4.69, 9.17) is 0 Å². The lowest BCUT2D eigenvalue weighted by molar-refractivity contribution is -0.139. The van der Waals surface area contributed by atoms with Crippen molar-refractivity contribution in [3.05, 3.63) is 88.5 Å². The number of aromatic hydroxyl groups is 1. The summed E-state index contributed by atoms with van der Waals surface area (Å²) in [6.45, 7) is 1.94. The average Bonchev–Trinajstić information content (AvgIpc) is 2.75. The Balaban J connectivity index is 2.01. The number of aromatic nitrogens is 3. The van der Waals surface area contributed by atoms with Crippen LogP contribution in [0.3, 0.4) is 0 Å². The first-order chi connectivity index (χ1) is 14.8. The molecule has 2 aromatic heterocycles. The van der Waals surface area contributed by atoms with Gasteiger partial charge in [-0.15, -0.1) is 0 Å². The predicted octanol–water partition coefficient (Wildman–Crippen LogP) is 4.99. The van der Waals surface area contributed by atoms with Gasteiger partial charge in [0.1, 0.15) is 11.6 Å². The molecular weight excluding hydrogens is 407 g/mol. The van der Waals surface area contributed by atoms with Crippen molar-refractivity contribution in [2.75, 3.05) is 0 Å². The molecule has 8 heteroatoms. The van der Waals surface area contributed by atoms with Crippen molar-refractivity contribution in [1.82, 2.24) is 14.5 Å². The molecule has 0 spiro atoms. The van der Waals surface area contributed by atoms with E-state index in [9.17, 15) is 23.1 Å². The molecule has 0 amide bonds. The lowest BCUT2D eigenvalue weighted by atomic mass is 10.0. The SMILES string of the molecule is CC(Cn1c(-c2ccccc2O)nc2ccnc(C(F)(F)F)c2c1=O)c1ccccc1. The van der Waals surface area contributed by atoms with Crippen LogP contribution in [0.25, 0.3) is 22.3 Å². The molecule has 0 saturated carbocycles. The zero-order valence-corrected chi connectivity index (χ0v) is 16.5. The van der Waals surface area contributed by atoms with Crippen molar-refractivity contribution < 1.29 is 18.3 Å². The van der Waals surface area contributed by atoms with Crippen LogP contribution in [0.15, 0.2) is 71.7 Å². The fourth-order valence-corrected chi connectivity index (χ4v) is 3.57. The standard InChI is InChI=1S/C23H18F3N3O2/c1-14(15-7-3-2-4-8-15)13-29-21(16-9-5-6-10-18(16)30)28-17-11-12-27-20(23(24,25)26)19(17)22(29)31/h2-12,14,30H,13H2,1H3. The second-order valence-electron chi connectivity index (χ2n) is 7.23. The molecule has 0 bridgehead atoms. The van der Waals surface area contributed by atoms with Crippen LogP contribution in [0.4, 0.5) is 13.2 Å². The van der Waals surface area contributed by atoms with E-state index >= 15 is 0 Å². The van der Waals surface area contributed by atoms with E-state index in [1.54, 1.807) is 18.2 Å². The molecule has 0 aliphatic heterocycles. The minimum absolute atomic E-state index is 0.0711. The minimum atomic E-state index is -4.81. The molecule has 158 valence electrons. The van der Waals surface area contributed by atoms with Crippen LogP contribution in [0, 0.1) is 0 Å². The van der Waals surface area contributed by atoms with Gasteiger partial charge in [-0.05, 0) is 29.7 Å². The molecule has 0 radical (unpaired) electrons. The third-order valence-corrected chi connectivity index (χ3v) is 5.11. The minimum Gasteiger partial charge on any atom is -0.507 e. The Morgan fingerprint density at radius 1 is 1.03 bits per heavy atom. The summed E-state index contributed by atoms with van der Waals surface area (Å²) in [6.07, 6.45) is -3.83. The van der Waals surface area contributed by atoms with E-state index in [1.807, 2.05) is 37.3 Å². The van der Waals surface area contributed by atoms with E-state index in [1.165, 1.54) is 16.7 Å². The molecule has 4 aromatic rings. The van der Waals surface area contributed by atoms with Gasteiger partial charge < -0.3 is 5.11 Å². The Morgan fingerprint density at radius 2 is 1.71 bits per heavy atom. The maximum Gasteiger partial charge on any atom is 0.434 e. The predicted molar refractivity (Wildman–Crippen MR) is 111 cm³/mol. The van der Waals surface area contributed by atoms with Crippen molar-refractivity contribution in [1.29, 1.82) is 0 Å². The second kappa shape index (κ2) is 7.86. The van der Waals surface area contributed by atoms with Crippen LogP contribution in [0.2, 0.25) is 0 Å². The van der Waals surface area contributed by atoms with Crippen LogP contribution in [-0.2, 0) is 12.7 Å². The van der Waals surface area contributed by atoms with Crippen LogP contribution >= 0.6 is 0 Å². The third kappa shape index (κ3) is 3.88. The molecule has 1 N–H and O–H groups in total. The number of phenolic OH excluding ortho intramolecular Hbond substituents is 1. The van der Waals surface area contributed by atoms with Crippen molar-refractivity contribution in [3.63, 3.8) is 0 Å². The highest BCUT2D eigenvalue weighted by Gasteiger charge is 2.36. The quantitative estimate of drug-likeness (QED) is 0.500. The molecule has 0 fully saturated rings. The zero-order chi connectivity index (χ0) is 22.2. The highest BCUT2D eigenvalue weighted by molar-refractivity contribution is 5.82. The number of fused-ring (bicyclic) bond motifs is 1. The fourth-order valence-electron chi connectivity index (χ4n) is 3.57. The summed E-state index contributed by atoms with van der Waals surface area (Å²) in [4.78, 5) is 21.1. The van der Waals surface area contributed by atoms with Gasteiger partial charge in [0.05, 0.1) is 16.5 Å². The summed E-state index contributed by atoms with van der Waals surface area (Å²) in [5.41, 5.74) is -1.08. The molecule has 2 heterocycles. The Labute approximate surface area is 175 Å². The maximum absolute atomic E-state index is 13.6. The monoisotopic (exact) mass is 425 g/mol. The topological polar surface area (TPSA) is 68.0 Å². The fraction of sp³-hybridized carbons (Fsp3) is 0.174. The van der Waals surface area contributed by atoms with Gasteiger partial charge in [-0.3, -0.25) is 14.3 Å². The van der Waals surface area contributed by atoms with E-state index in [2.05, 4.69) is 9.97 Å². The van der Waals surface area contributed by atoms with Crippen molar-refractivity contribution in [2.24, 2.45) is 0 Å². The maximum atomic E-state index is 13.6. The first kappa shape index (κ1) is 20.6. The third-order valence-electron chi connectivity index (χ3n) is 5.11. The van der Waals surface area contributed by atoms with Crippen molar-refractivity contribution >= 4 is 10.9 Å². The largest absolute Gasteiger partial charge is 0.507 e.